The Labute approximate surface area is 348 Å². The second-order valence-corrected chi connectivity index (χ2v) is 12.9. The molecular weight excluding hydrogens is 745 g/mol. The summed E-state index contributed by atoms with van der Waals surface area (Å²) in [5.41, 5.74) is 10.8. The van der Waals surface area contributed by atoms with E-state index in [-0.39, 0.29) is 23.0 Å². The molecule has 60 heavy (non-hydrogen) atoms. The van der Waals surface area contributed by atoms with Gasteiger partial charge in [-0.15, -0.1) is 0 Å². The highest BCUT2D eigenvalue weighted by Gasteiger charge is 2.01. The zero-order valence-electron chi connectivity index (χ0n) is 32.1. The quantitative estimate of drug-likeness (QED) is 0.136. The largest absolute Gasteiger partial charge is 0.508 e. The minimum absolute atomic E-state index is 0.257. The Morgan fingerprint density at radius 3 is 0.433 bits per heavy atom. The number of hydrogen-bond donors (Lipinski definition) is 4. The first-order valence-electron chi connectivity index (χ1n) is 18.4. The normalized spacial score (nSPS) is 9.53. The van der Waals surface area contributed by atoms with Crippen molar-refractivity contribution in [2.24, 2.45) is 0 Å². The Balaban J connectivity index is 0.000000152. The fraction of sp³-hybridized carbons (Fsp3) is 0. The molecule has 8 heteroatoms. The Morgan fingerprint density at radius 1 is 0.200 bits per heavy atom. The Morgan fingerprint density at radius 2 is 0.317 bits per heavy atom. The summed E-state index contributed by atoms with van der Waals surface area (Å²) in [5, 5.41) is 71.2. The summed E-state index contributed by atoms with van der Waals surface area (Å²) in [4.78, 5) is 0. The predicted molar refractivity (Wildman–Crippen MR) is 233 cm³/mol. The summed E-state index contributed by atoms with van der Waals surface area (Å²) in [6, 6.07) is 65.6. The monoisotopic (exact) mass is 780 g/mol. The van der Waals surface area contributed by atoms with Crippen molar-refractivity contribution >= 4 is 0 Å². The Kier molecular flexibility index (Phi) is 14.9. The van der Waals surface area contributed by atoms with E-state index in [9.17, 15) is 0 Å². The molecule has 0 amide bonds. The Bertz CT molecular complexity index is 2360. The molecule has 0 aliphatic heterocycles. The average Bonchev–Trinajstić information content (AvgIpc) is 3.31. The van der Waals surface area contributed by atoms with E-state index < -0.39 is 0 Å². The van der Waals surface area contributed by atoms with Gasteiger partial charge in [0.2, 0.25) is 0 Å². The molecule has 0 aromatic heterocycles. The van der Waals surface area contributed by atoms with Crippen LogP contribution in [-0.4, -0.2) is 20.4 Å². The van der Waals surface area contributed by atoms with Gasteiger partial charge in [0.05, 0.1) is 46.5 Å². The maximum atomic E-state index is 9.14. The molecule has 0 saturated carbocycles. The number of phenols is 4. The van der Waals surface area contributed by atoms with Gasteiger partial charge in [-0.3, -0.25) is 0 Å². The lowest BCUT2D eigenvalue weighted by Crippen LogP contribution is -1.78. The number of rotatable bonds is 4. The van der Waals surface area contributed by atoms with Gasteiger partial charge < -0.3 is 20.4 Å². The maximum Gasteiger partial charge on any atom is 0.115 e. The average molecular weight is 781 g/mol. The van der Waals surface area contributed by atoms with Gasteiger partial charge in [0.1, 0.15) is 23.0 Å². The van der Waals surface area contributed by atoms with Gasteiger partial charge in [0.15, 0.2) is 0 Å². The number of hydrogen-bond acceptors (Lipinski definition) is 8. The molecular formula is C52H36N4O4. The van der Waals surface area contributed by atoms with E-state index >= 15 is 0 Å². The molecule has 0 radical (unpaired) electrons. The van der Waals surface area contributed by atoms with Crippen molar-refractivity contribution in [3.8, 4) is 91.8 Å². The molecule has 8 aromatic rings. The van der Waals surface area contributed by atoms with E-state index in [2.05, 4.69) is 24.3 Å². The second kappa shape index (κ2) is 21.3. The zero-order chi connectivity index (χ0) is 42.7. The third-order valence-electron chi connectivity index (χ3n) is 8.86. The summed E-state index contributed by atoms with van der Waals surface area (Å²) in [5.74, 6) is 1.03. The molecule has 0 aliphatic carbocycles. The van der Waals surface area contributed by atoms with Crippen molar-refractivity contribution in [1.82, 2.24) is 0 Å². The number of benzene rings is 8. The van der Waals surface area contributed by atoms with Gasteiger partial charge in [-0.25, -0.2) is 0 Å². The van der Waals surface area contributed by atoms with Crippen LogP contribution in [0.2, 0.25) is 0 Å². The summed E-state index contributed by atoms with van der Waals surface area (Å²) in [6.07, 6.45) is 0. The van der Waals surface area contributed by atoms with E-state index in [0.29, 0.717) is 22.3 Å². The van der Waals surface area contributed by atoms with Crippen molar-refractivity contribution in [2.45, 2.75) is 0 Å². The van der Waals surface area contributed by atoms with Crippen LogP contribution in [0.4, 0.5) is 0 Å². The van der Waals surface area contributed by atoms with Crippen LogP contribution in [-0.2, 0) is 0 Å². The summed E-state index contributed by atoms with van der Waals surface area (Å²) >= 11 is 0. The Hall–Kier alpha value is -9.08. The van der Waals surface area contributed by atoms with Crippen LogP contribution in [0.1, 0.15) is 22.3 Å². The second-order valence-electron chi connectivity index (χ2n) is 12.9. The van der Waals surface area contributed by atoms with E-state index in [0.717, 1.165) is 44.5 Å². The summed E-state index contributed by atoms with van der Waals surface area (Å²) in [7, 11) is 0. The highest BCUT2D eigenvalue weighted by molar-refractivity contribution is 5.67. The minimum Gasteiger partial charge on any atom is -0.508 e. The molecule has 8 nitrogen and oxygen atoms in total. The van der Waals surface area contributed by atoms with E-state index in [1.165, 1.54) is 0 Å². The molecule has 288 valence electrons. The molecule has 8 aromatic carbocycles. The molecule has 0 fully saturated rings. The van der Waals surface area contributed by atoms with Gasteiger partial charge in [0, 0.05) is 0 Å². The fourth-order valence-electron chi connectivity index (χ4n) is 5.56. The van der Waals surface area contributed by atoms with Crippen LogP contribution in [0.3, 0.4) is 0 Å². The lowest BCUT2D eigenvalue weighted by atomic mass is 10.0. The van der Waals surface area contributed by atoms with Crippen LogP contribution in [0, 0.1) is 45.3 Å². The standard InChI is InChI=1S/4C13H9NO/c4*14-9-10-1-3-11(4-2-10)12-5-7-13(15)8-6-12/h4*1-8,15H. The van der Waals surface area contributed by atoms with Crippen LogP contribution in [0.15, 0.2) is 194 Å². The van der Waals surface area contributed by atoms with Gasteiger partial charge in [-0.1, -0.05) is 97.1 Å². The first kappa shape index (κ1) is 42.1. The molecule has 0 spiro atoms. The smallest absolute Gasteiger partial charge is 0.115 e. The van der Waals surface area contributed by atoms with Gasteiger partial charge in [-0.2, -0.15) is 21.0 Å². The molecule has 0 bridgehead atoms. The molecule has 4 N–H and O–H groups in total. The molecule has 8 rings (SSSR count). The number of nitrogens with zero attached hydrogens (tertiary/aromatic N) is 4. The van der Waals surface area contributed by atoms with Crippen molar-refractivity contribution in [3.63, 3.8) is 0 Å². The van der Waals surface area contributed by atoms with Crippen LogP contribution >= 0.6 is 0 Å². The van der Waals surface area contributed by atoms with Gasteiger partial charge in [0.25, 0.3) is 0 Å². The topological polar surface area (TPSA) is 176 Å². The molecule has 0 atom stereocenters. The minimum atomic E-state index is 0.257. The van der Waals surface area contributed by atoms with Crippen LogP contribution < -0.4 is 0 Å². The van der Waals surface area contributed by atoms with E-state index in [1.807, 2.05) is 97.1 Å². The highest BCUT2D eigenvalue weighted by Crippen LogP contribution is 2.25. The van der Waals surface area contributed by atoms with Crippen molar-refractivity contribution in [1.29, 1.82) is 21.0 Å². The van der Waals surface area contributed by atoms with Crippen LogP contribution in [0.5, 0.6) is 23.0 Å². The van der Waals surface area contributed by atoms with Crippen molar-refractivity contribution in [2.75, 3.05) is 0 Å². The summed E-state index contributed by atoms with van der Waals surface area (Å²) < 4.78 is 0. The SMILES string of the molecule is N#Cc1ccc(-c2ccc(O)cc2)cc1.N#Cc1ccc(-c2ccc(O)cc2)cc1.N#Cc1ccc(-c2ccc(O)cc2)cc1.N#Cc1ccc(-c2ccc(O)cc2)cc1. The van der Waals surface area contributed by atoms with E-state index in [1.54, 1.807) is 97.1 Å². The number of nitriles is 4. The lowest BCUT2D eigenvalue weighted by Gasteiger charge is -2.01. The van der Waals surface area contributed by atoms with Crippen molar-refractivity contribution < 1.29 is 20.4 Å². The van der Waals surface area contributed by atoms with E-state index in [4.69, 9.17) is 41.5 Å². The van der Waals surface area contributed by atoms with Gasteiger partial charge in [-0.05, 0) is 142 Å². The number of phenolic OH excluding ortho intramolecular Hbond substituents is 4. The predicted octanol–water partition coefficient (Wildman–Crippen LogP) is 11.7. The molecule has 0 unspecified atom stereocenters. The lowest BCUT2D eigenvalue weighted by molar-refractivity contribution is 0.475. The third kappa shape index (κ3) is 12.5. The van der Waals surface area contributed by atoms with Crippen LogP contribution in [0.25, 0.3) is 44.5 Å². The highest BCUT2D eigenvalue weighted by atomic mass is 16.3. The zero-order valence-corrected chi connectivity index (χ0v) is 32.1. The fourth-order valence-corrected chi connectivity index (χ4v) is 5.56. The summed E-state index contributed by atoms with van der Waals surface area (Å²) in [6.45, 7) is 0. The van der Waals surface area contributed by atoms with Crippen molar-refractivity contribution in [3.05, 3.63) is 216 Å². The third-order valence-corrected chi connectivity index (χ3v) is 8.86. The maximum absolute atomic E-state index is 9.14. The molecule has 0 heterocycles. The first-order chi connectivity index (χ1) is 29.2. The number of aromatic hydroxyl groups is 4. The van der Waals surface area contributed by atoms with Gasteiger partial charge >= 0.3 is 0 Å². The first-order valence-corrected chi connectivity index (χ1v) is 18.4. The molecule has 0 saturated heterocycles. The molecule has 0 aliphatic rings.